The van der Waals surface area contributed by atoms with E-state index in [0.29, 0.717) is 12.2 Å². The average molecular weight is 804 g/mol. The second-order valence-corrected chi connectivity index (χ2v) is 24.3. The molecule has 4 aromatic carbocycles. The van der Waals surface area contributed by atoms with Gasteiger partial charge < -0.3 is 0 Å². The third kappa shape index (κ3) is 13.1. The van der Waals surface area contributed by atoms with Crippen molar-refractivity contribution < 1.29 is 9.53 Å². The summed E-state index contributed by atoms with van der Waals surface area (Å²) in [6.07, 6.45) is 21.5. The Kier molecular flexibility index (Phi) is 19.4. The Labute approximate surface area is 326 Å². The Hall–Kier alpha value is -2.57. The molecule has 0 fully saturated rings. The van der Waals surface area contributed by atoms with E-state index in [0.717, 1.165) is 18.2 Å². The molecule has 282 valence electrons. The topological polar surface area (TPSA) is 26.3 Å². The van der Waals surface area contributed by atoms with Crippen molar-refractivity contribution >= 4 is 57.6 Å². The van der Waals surface area contributed by atoms with Crippen molar-refractivity contribution in [1.82, 2.24) is 0 Å². The van der Waals surface area contributed by atoms with Crippen molar-refractivity contribution in [2.75, 3.05) is 36.6 Å². The number of hydrogen-bond donors (Lipinski definition) is 0. The molecule has 0 bridgehead atoms. The summed E-state index contributed by atoms with van der Waals surface area (Å²) >= 11 is 3.72. The third-order valence-corrected chi connectivity index (χ3v) is 22.2. The molecule has 0 spiro atoms. The van der Waals surface area contributed by atoms with Crippen LogP contribution in [0, 0.1) is 0 Å². The number of rotatable bonds is 26. The number of benzene rings is 4. The van der Waals surface area contributed by atoms with Crippen molar-refractivity contribution in [1.29, 1.82) is 0 Å². The molecule has 0 aliphatic heterocycles. The summed E-state index contributed by atoms with van der Waals surface area (Å²) < 4.78 is 5.23. The van der Waals surface area contributed by atoms with E-state index in [1.807, 2.05) is 0 Å². The fourth-order valence-corrected chi connectivity index (χ4v) is 18.8. The van der Waals surface area contributed by atoms with Gasteiger partial charge in [-0.15, -0.1) is 0 Å². The van der Waals surface area contributed by atoms with E-state index in [1.54, 1.807) is 28.1 Å². The molecular formula is C47H65BrO2P2. The summed E-state index contributed by atoms with van der Waals surface area (Å²) in [5.41, 5.74) is 0.481. The van der Waals surface area contributed by atoms with Crippen LogP contribution in [0.1, 0.15) is 90.4 Å². The predicted octanol–water partition coefficient (Wildman–Crippen LogP) is 11.4. The number of alkyl halides is 1. The Morgan fingerprint density at radius 2 is 0.769 bits per heavy atom. The molecule has 4 rings (SSSR count). The van der Waals surface area contributed by atoms with Gasteiger partial charge in [-0.2, -0.15) is 0 Å². The average Bonchev–Trinajstić information content (AvgIpc) is 3.19. The van der Waals surface area contributed by atoms with E-state index in [9.17, 15) is 4.79 Å². The van der Waals surface area contributed by atoms with Gasteiger partial charge in [-0.1, -0.05) is 6.58 Å². The number of carbonyl (C=O) groups is 1. The maximum absolute atomic E-state index is 11.5. The quantitative estimate of drug-likeness (QED) is 0.0208. The van der Waals surface area contributed by atoms with E-state index in [1.165, 1.54) is 95.3 Å². The van der Waals surface area contributed by atoms with Gasteiger partial charge in [0.25, 0.3) is 0 Å². The molecule has 0 radical (unpaired) electrons. The van der Waals surface area contributed by atoms with Gasteiger partial charge in [0.05, 0.1) is 0 Å². The minimum atomic E-state index is -1.98. The van der Waals surface area contributed by atoms with E-state index in [2.05, 4.69) is 144 Å². The van der Waals surface area contributed by atoms with Crippen molar-refractivity contribution in [3.05, 3.63) is 133 Å². The minimum absolute atomic E-state index is 0.266. The molecule has 0 unspecified atom stereocenters. The van der Waals surface area contributed by atoms with Crippen LogP contribution < -0.4 is 21.2 Å². The number of ether oxygens (including phenoxy) is 1. The van der Waals surface area contributed by atoms with Crippen LogP contribution >= 0.6 is 30.5 Å². The van der Waals surface area contributed by atoms with Crippen molar-refractivity contribution in [2.24, 2.45) is 0 Å². The van der Waals surface area contributed by atoms with Crippen LogP contribution in [0.25, 0.3) is 0 Å². The molecule has 5 heteroatoms. The molecule has 0 atom stereocenters. The van der Waals surface area contributed by atoms with Crippen LogP contribution in [0.3, 0.4) is 0 Å². The van der Waals surface area contributed by atoms with Crippen LogP contribution in [-0.2, 0) is 9.53 Å². The summed E-state index contributed by atoms with van der Waals surface area (Å²) in [7, 11) is -3.91. The first-order chi connectivity index (χ1) is 25.5. The van der Waals surface area contributed by atoms with Crippen molar-refractivity contribution in [2.45, 2.75) is 90.4 Å². The zero-order valence-corrected chi connectivity index (χ0v) is 35.5. The van der Waals surface area contributed by atoms with Gasteiger partial charge in [0.1, 0.15) is 0 Å². The molecular weight excluding hydrogens is 738 g/mol. The molecule has 0 saturated heterocycles. The maximum atomic E-state index is 11.5. The van der Waals surface area contributed by atoms with Crippen LogP contribution in [0.2, 0.25) is 0 Å². The van der Waals surface area contributed by atoms with Crippen molar-refractivity contribution in [3.63, 3.8) is 0 Å². The van der Waals surface area contributed by atoms with E-state index < -0.39 is 14.5 Å². The Bertz CT molecular complexity index is 1470. The van der Waals surface area contributed by atoms with Gasteiger partial charge in [-0.3, -0.25) is 0 Å². The number of esters is 1. The van der Waals surface area contributed by atoms with Gasteiger partial charge in [0, 0.05) is 5.57 Å². The second-order valence-electron chi connectivity index (χ2n) is 14.8. The molecule has 0 heterocycles. The van der Waals surface area contributed by atoms with Crippen molar-refractivity contribution in [3.8, 4) is 0 Å². The molecule has 2 nitrogen and oxygen atoms in total. The molecule has 4 aromatic rings. The molecule has 0 amide bonds. The van der Waals surface area contributed by atoms with Crippen LogP contribution in [-0.4, -0.2) is 42.6 Å². The van der Waals surface area contributed by atoms with E-state index in [4.69, 9.17) is 4.74 Å². The first-order valence-corrected chi connectivity index (χ1v) is 26.1. The van der Waals surface area contributed by atoms with Crippen LogP contribution in [0.4, 0.5) is 0 Å². The normalized spacial score (nSPS) is 12.3. The predicted molar refractivity (Wildman–Crippen MR) is 240 cm³/mol. The molecule has 52 heavy (non-hydrogen) atoms. The fraction of sp³-hybridized carbons (Fsp3) is 0.426. The molecule has 0 saturated carbocycles. The number of unbranched alkanes of at least 4 members (excludes halogenated alkanes) is 10. The zero-order chi connectivity index (χ0) is 36.7. The van der Waals surface area contributed by atoms with Crippen LogP contribution in [0.15, 0.2) is 133 Å². The molecule has 0 aliphatic rings. The van der Waals surface area contributed by atoms with Gasteiger partial charge in [0.15, 0.2) is 0 Å². The monoisotopic (exact) mass is 802 g/mol. The summed E-state index contributed by atoms with van der Waals surface area (Å²) in [6.45, 7) is 5.87. The van der Waals surface area contributed by atoms with Gasteiger partial charge in [-0.25, -0.2) is 4.79 Å². The Morgan fingerprint density at radius 3 is 1.10 bits per heavy atom. The molecule has 0 N–H and O–H groups in total. The molecule has 0 aliphatic carbocycles. The van der Waals surface area contributed by atoms with E-state index >= 15 is 0 Å². The first-order valence-electron chi connectivity index (χ1n) is 20.1. The SMILES string of the molecule is C=C(C)C(=O)OCCCCCCCCCCC[PH](CCCC[PH](CCCCBr)(c1ccccc1)c1ccccc1)(c1ccccc1)c1ccccc1. The van der Waals surface area contributed by atoms with Gasteiger partial charge in [-0.05, 0) is 6.92 Å². The third-order valence-electron chi connectivity index (χ3n) is 11.1. The van der Waals surface area contributed by atoms with Gasteiger partial charge in [0.2, 0.25) is 0 Å². The Balaban J connectivity index is 1.40. The van der Waals surface area contributed by atoms with E-state index in [-0.39, 0.29) is 5.97 Å². The standard InChI is InChI=1S/C47H65BrO2P2/c1-42(2)47(49)50-37-23-8-6-4-3-5-7-9-24-38-51(43-28-14-10-15-29-43,44-30-16-11-17-31-44)40-26-27-41-52(39-25-22-36-48,45-32-18-12-19-33-45)46-34-20-13-21-35-46/h10-21,28-35,51-52H,1,3-9,22-27,36-41H2,2H3. The summed E-state index contributed by atoms with van der Waals surface area (Å²) in [6, 6.07) is 46.4. The first kappa shape index (κ1) is 42.2. The fourth-order valence-electron chi connectivity index (χ4n) is 8.20. The van der Waals surface area contributed by atoms with Gasteiger partial charge >= 0.3 is 304 Å². The van der Waals surface area contributed by atoms with Crippen LogP contribution in [0.5, 0.6) is 0 Å². The number of hydrogen-bond acceptors (Lipinski definition) is 2. The molecule has 0 aromatic heterocycles. The number of halogens is 1. The number of carbonyl (C=O) groups excluding carboxylic acids is 1. The summed E-state index contributed by atoms with van der Waals surface area (Å²) in [5, 5.41) is 7.52. The second kappa shape index (κ2) is 24.0. The summed E-state index contributed by atoms with van der Waals surface area (Å²) in [5.74, 6) is -0.266. The zero-order valence-electron chi connectivity index (χ0n) is 31.9. The Morgan fingerprint density at radius 1 is 0.481 bits per heavy atom. The summed E-state index contributed by atoms with van der Waals surface area (Å²) in [4.78, 5) is 11.5.